The Hall–Kier alpha value is -2.67. The Kier molecular flexibility index (Phi) is 4.90. The van der Waals surface area contributed by atoms with Gasteiger partial charge in [-0.25, -0.2) is 0 Å². The van der Waals surface area contributed by atoms with Gasteiger partial charge in [-0.2, -0.15) is 4.52 Å². The van der Waals surface area contributed by atoms with E-state index in [-0.39, 0.29) is 5.91 Å². The quantitative estimate of drug-likeness (QED) is 0.693. The number of carbonyl (C=O) groups excluding carboxylic acids is 1. The van der Waals surface area contributed by atoms with Gasteiger partial charge in [-0.05, 0) is 18.2 Å². The first-order chi connectivity index (χ1) is 11.7. The Morgan fingerprint density at radius 1 is 1.25 bits per heavy atom. The molecule has 3 aromatic rings. The van der Waals surface area contributed by atoms with Crippen molar-refractivity contribution < 1.29 is 9.53 Å². The molecule has 2 aromatic heterocycles. The average molecular weight is 346 g/mol. The number of aromatic nitrogens is 4. The fourth-order valence-corrected chi connectivity index (χ4v) is 2.35. The topological polar surface area (TPSA) is 81.4 Å². The van der Waals surface area contributed by atoms with Crippen molar-refractivity contribution in [3.05, 3.63) is 41.4 Å². The Morgan fingerprint density at radius 2 is 2.08 bits per heavy atom. The van der Waals surface area contributed by atoms with Crippen LogP contribution >= 0.6 is 11.6 Å². The van der Waals surface area contributed by atoms with Crippen molar-refractivity contribution in [2.24, 2.45) is 0 Å². The van der Waals surface area contributed by atoms with Crippen LogP contribution in [0.4, 0.5) is 0 Å². The lowest BCUT2D eigenvalue weighted by molar-refractivity contribution is -0.120. The molecule has 124 valence electrons. The molecule has 0 atom stereocenters. The molecule has 0 bridgehead atoms. The largest absolute Gasteiger partial charge is 0.475 e. The van der Waals surface area contributed by atoms with Crippen LogP contribution in [0.2, 0.25) is 5.02 Å². The van der Waals surface area contributed by atoms with Crippen LogP contribution in [0.15, 0.2) is 36.4 Å². The second-order valence-electron chi connectivity index (χ2n) is 5.00. The normalized spacial score (nSPS) is 10.8. The molecule has 0 fully saturated rings. The second-order valence-corrected chi connectivity index (χ2v) is 5.40. The van der Waals surface area contributed by atoms with Crippen LogP contribution in [0.1, 0.15) is 13.3 Å². The molecule has 0 saturated carbocycles. The maximum Gasteiger partial charge on any atom is 0.231 e. The number of carbonyl (C=O) groups is 1. The minimum absolute atomic E-state index is 0.0122. The summed E-state index contributed by atoms with van der Waals surface area (Å²) in [6, 6.07) is 10.8. The average Bonchev–Trinajstić information content (AvgIpc) is 3.02. The molecule has 3 rings (SSSR count). The number of nitrogens with one attached hydrogen (secondary N) is 1. The van der Waals surface area contributed by atoms with E-state index in [1.807, 2.05) is 18.2 Å². The van der Waals surface area contributed by atoms with E-state index in [1.165, 1.54) is 0 Å². The van der Waals surface area contributed by atoms with E-state index < -0.39 is 0 Å². The smallest absolute Gasteiger partial charge is 0.231 e. The minimum Gasteiger partial charge on any atom is -0.475 e. The van der Waals surface area contributed by atoms with Gasteiger partial charge in [0.25, 0.3) is 0 Å². The highest BCUT2D eigenvalue weighted by atomic mass is 35.5. The molecule has 0 spiro atoms. The molecular formula is C16H16ClN5O2. The van der Waals surface area contributed by atoms with Gasteiger partial charge in [0, 0.05) is 18.1 Å². The second kappa shape index (κ2) is 7.27. The Labute approximate surface area is 143 Å². The molecular weight excluding hydrogens is 330 g/mol. The summed E-state index contributed by atoms with van der Waals surface area (Å²) in [5.74, 6) is 0.948. The molecule has 0 aliphatic rings. The number of hydrogen-bond acceptors (Lipinski definition) is 5. The molecule has 24 heavy (non-hydrogen) atoms. The number of benzene rings is 1. The maximum absolute atomic E-state index is 11.2. The first-order valence-corrected chi connectivity index (χ1v) is 7.93. The van der Waals surface area contributed by atoms with Crippen molar-refractivity contribution in [3.8, 4) is 17.3 Å². The lowest BCUT2D eigenvalue weighted by atomic mass is 10.2. The lowest BCUT2D eigenvalue weighted by Crippen LogP contribution is -2.27. The SMILES string of the molecule is CCC(=O)NCCOc1ccc2nnc(-c3ccccc3Cl)n2n1. The molecule has 1 amide bonds. The van der Waals surface area contributed by atoms with E-state index in [1.54, 1.807) is 29.6 Å². The standard InChI is InChI=1S/C16H16ClN5O2/c1-2-14(23)18-9-10-24-15-8-7-13-19-20-16(22(13)21-15)11-5-3-4-6-12(11)17/h3-8H,2,9-10H2,1H3,(H,18,23). The molecule has 2 heterocycles. The summed E-state index contributed by atoms with van der Waals surface area (Å²) < 4.78 is 7.15. The van der Waals surface area contributed by atoms with Crippen LogP contribution in [0, 0.1) is 0 Å². The summed E-state index contributed by atoms with van der Waals surface area (Å²) in [6.07, 6.45) is 0.451. The van der Waals surface area contributed by atoms with Crippen LogP contribution in [-0.4, -0.2) is 38.9 Å². The van der Waals surface area contributed by atoms with Crippen molar-refractivity contribution in [2.45, 2.75) is 13.3 Å². The van der Waals surface area contributed by atoms with E-state index in [2.05, 4.69) is 20.6 Å². The van der Waals surface area contributed by atoms with Crippen molar-refractivity contribution >= 4 is 23.2 Å². The molecule has 0 aliphatic carbocycles. The van der Waals surface area contributed by atoms with Crippen molar-refractivity contribution in [1.82, 2.24) is 25.1 Å². The van der Waals surface area contributed by atoms with Gasteiger partial charge >= 0.3 is 0 Å². The fourth-order valence-electron chi connectivity index (χ4n) is 2.13. The van der Waals surface area contributed by atoms with Gasteiger partial charge in [-0.15, -0.1) is 15.3 Å². The highest BCUT2D eigenvalue weighted by molar-refractivity contribution is 6.33. The molecule has 1 aromatic carbocycles. The number of fused-ring (bicyclic) bond motifs is 1. The zero-order chi connectivity index (χ0) is 16.9. The predicted molar refractivity (Wildman–Crippen MR) is 90.0 cm³/mol. The maximum atomic E-state index is 11.2. The third-order valence-electron chi connectivity index (χ3n) is 3.35. The highest BCUT2D eigenvalue weighted by Gasteiger charge is 2.13. The van der Waals surface area contributed by atoms with E-state index >= 15 is 0 Å². The third-order valence-corrected chi connectivity index (χ3v) is 3.68. The number of rotatable bonds is 6. The Balaban J connectivity index is 1.79. The predicted octanol–water partition coefficient (Wildman–Crippen LogP) is 2.35. The fraction of sp³-hybridized carbons (Fsp3) is 0.250. The minimum atomic E-state index is -0.0122. The number of nitrogens with zero attached hydrogens (tertiary/aromatic N) is 4. The van der Waals surface area contributed by atoms with E-state index in [4.69, 9.17) is 16.3 Å². The summed E-state index contributed by atoms with van der Waals surface area (Å²) in [6.45, 7) is 2.55. The molecule has 0 saturated heterocycles. The zero-order valence-corrected chi connectivity index (χ0v) is 13.8. The van der Waals surface area contributed by atoms with Crippen LogP contribution in [-0.2, 0) is 4.79 Å². The van der Waals surface area contributed by atoms with Crippen LogP contribution < -0.4 is 10.1 Å². The number of halogens is 1. The molecule has 8 heteroatoms. The summed E-state index contributed by atoms with van der Waals surface area (Å²) in [5.41, 5.74) is 1.34. The highest BCUT2D eigenvalue weighted by Crippen LogP contribution is 2.26. The number of amides is 1. The Morgan fingerprint density at radius 3 is 2.88 bits per heavy atom. The van der Waals surface area contributed by atoms with Gasteiger partial charge < -0.3 is 10.1 Å². The summed E-state index contributed by atoms with van der Waals surface area (Å²) >= 11 is 6.22. The van der Waals surface area contributed by atoms with Gasteiger partial charge in [0.2, 0.25) is 11.8 Å². The van der Waals surface area contributed by atoms with Crippen LogP contribution in [0.25, 0.3) is 17.0 Å². The first kappa shape index (κ1) is 16.2. The zero-order valence-electron chi connectivity index (χ0n) is 13.1. The van der Waals surface area contributed by atoms with E-state index in [0.717, 1.165) is 5.56 Å². The van der Waals surface area contributed by atoms with Gasteiger partial charge in [-0.1, -0.05) is 30.7 Å². The van der Waals surface area contributed by atoms with Gasteiger partial charge in [0.1, 0.15) is 6.61 Å². The van der Waals surface area contributed by atoms with Gasteiger partial charge in [0.15, 0.2) is 11.5 Å². The van der Waals surface area contributed by atoms with E-state index in [0.29, 0.717) is 41.9 Å². The monoisotopic (exact) mass is 345 g/mol. The molecule has 0 aliphatic heterocycles. The molecule has 7 nitrogen and oxygen atoms in total. The third kappa shape index (κ3) is 3.46. The summed E-state index contributed by atoms with van der Waals surface area (Å²) in [5, 5.41) is 15.9. The van der Waals surface area contributed by atoms with Gasteiger partial charge in [-0.3, -0.25) is 4.79 Å². The molecule has 0 radical (unpaired) electrons. The lowest BCUT2D eigenvalue weighted by Gasteiger charge is -2.07. The van der Waals surface area contributed by atoms with Crippen molar-refractivity contribution in [1.29, 1.82) is 0 Å². The number of hydrogen-bond donors (Lipinski definition) is 1. The van der Waals surface area contributed by atoms with Crippen LogP contribution in [0.5, 0.6) is 5.88 Å². The van der Waals surface area contributed by atoms with Crippen LogP contribution in [0.3, 0.4) is 0 Å². The molecule has 0 unspecified atom stereocenters. The van der Waals surface area contributed by atoms with Crippen molar-refractivity contribution in [3.63, 3.8) is 0 Å². The van der Waals surface area contributed by atoms with Crippen molar-refractivity contribution in [2.75, 3.05) is 13.2 Å². The Bertz CT molecular complexity index is 865. The summed E-state index contributed by atoms with van der Waals surface area (Å²) in [4.78, 5) is 11.2. The van der Waals surface area contributed by atoms with Gasteiger partial charge in [0.05, 0.1) is 11.6 Å². The van der Waals surface area contributed by atoms with E-state index in [9.17, 15) is 4.79 Å². The number of ether oxygens (including phenoxy) is 1. The summed E-state index contributed by atoms with van der Waals surface area (Å²) in [7, 11) is 0. The molecule has 1 N–H and O–H groups in total. The first-order valence-electron chi connectivity index (χ1n) is 7.56.